The van der Waals surface area contributed by atoms with Gasteiger partial charge in [-0.05, 0) is 18.8 Å². The van der Waals surface area contributed by atoms with Gasteiger partial charge in [0.1, 0.15) is 11.2 Å². The van der Waals surface area contributed by atoms with Crippen LogP contribution in [0, 0.1) is 17.8 Å². The van der Waals surface area contributed by atoms with Crippen molar-refractivity contribution in [3.8, 4) is 11.8 Å². The number of hydrogen-bond acceptors (Lipinski definition) is 8. The van der Waals surface area contributed by atoms with Crippen LogP contribution in [0.4, 0.5) is 11.8 Å². The fourth-order valence-electron chi connectivity index (χ4n) is 3.38. The molecule has 4 atom stereocenters. The number of nitrogen functional groups attached to an aromatic ring is 1. The summed E-state index contributed by atoms with van der Waals surface area (Å²) in [5.74, 6) is 5.54. The summed E-state index contributed by atoms with van der Waals surface area (Å²) in [6.45, 7) is 0. The van der Waals surface area contributed by atoms with E-state index >= 15 is 0 Å². The van der Waals surface area contributed by atoms with E-state index in [2.05, 4.69) is 37.1 Å². The van der Waals surface area contributed by atoms with E-state index in [1.54, 1.807) is 12.4 Å². The summed E-state index contributed by atoms with van der Waals surface area (Å²) >= 11 is 6.12. The highest BCUT2D eigenvalue weighted by Gasteiger charge is 2.78. The average Bonchev–Trinajstić information content (AvgIpc) is 2.92. The number of aromatic nitrogens is 4. The Morgan fingerprint density at radius 2 is 2.16 bits per heavy atom. The third-order valence-electron chi connectivity index (χ3n) is 4.78. The Morgan fingerprint density at radius 1 is 1.36 bits per heavy atom. The summed E-state index contributed by atoms with van der Waals surface area (Å²) in [6.07, 6.45) is 2.89. The maximum absolute atomic E-state index is 10.8. The number of anilines is 2. The molecule has 7 N–H and O–H groups in total. The van der Waals surface area contributed by atoms with Gasteiger partial charge >= 0.3 is 0 Å². The van der Waals surface area contributed by atoms with Crippen molar-refractivity contribution in [2.45, 2.75) is 30.3 Å². The summed E-state index contributed by atoms with van der Waals surface area (Å²) < 4.78 is 0. The van der Waals surface area contributed by atoms with Crippen LogP contribution in [0.5, 0.6) is 0 Å². The molecule has 9 nitrogen and oxygen atoms in total. The molecule has 4 unspecified atom stereocenters. The lowest BCUT2D eigenvalue weighted by Gasteiger charge is -2.32. The summed E-state index contributed by atoms with van der Waals surface area (Å²) in [7, 11) is 0. The Labute approximate surface area is 147 Å². The molecule has 2 aliphatic rings. The molecule has 10 heteroatoms. The molecule has 0 bridgehead atoms. The number of nitrogens with two attached hydrogens (primary N) is 1. The van der Waals surface area contributed by atoms with Gasteiger partial charge in [-0.15, -0.1) is 0 Å². The maximum atomic E-state index is 10.8. The number of nitrogens with zero attached hydrogens (tertiary/aromatic N) is 3. The molecule has 0 spiro atoms. The van der Waals surface area contributed by atoms with E-state index < -0.39 is 17.4 Å². The number of imidazole rings is 1. The molecular formula is C15H15ClN6O3. The van der Waals surface area contributed by atoms with Crippen molar-refractivity contribution in [3.63, 3.8) is 0 Å². The number of H-pyrrole nitrogens is 1. The first kappa shape index (κ1) is 16.1. The lowest BCUT2D eigenvalue weighted by Crippen LogP contribution is -2.51. The lowest BCUT2D eigenvalue weighted by molar-refractivity contribution is -0.0852. The van der Waals surface area contributed by atoms with Crippen LogP contribution < -0.4 is 11.1 Å². The monoisotopic (exact) mass is 362 g/mol. The number of aliphatic hydroxyl groups is 3. The van der Waals surface area contributed by atoms with E-state index in [0.29, 0.717) is 12.2 Å². The highest BCUT2D eigenvalue weighted by Crippen LogP contribution is 2.60. The van der Waals surface area contributed by atoms with Gasteiger partial charge in [0, 0.05) is 18.3 Å². The van der Waals surface area contributed by atoms with Gasteiger partial charge in [-0.3, -0.25) is 0 Å². The third-order valence-corrected chi connectivity index (χ3v) is 5.05. The highest BCUT2D eigenvalue weighted by atomic mass is 35.5. The van der Waals surface area contributed by atoms with Crippen molar-refractivity contribution >= 4 is 23.4 Å². The first-order valence-electron chi connectivity index (χ1n) is 7.60. The summed E-state index contributed by atoms with van der Waals surface area (Å²) in [5.41, 5.74) is 2.44. The molecule has 2 aromatic rings. The minimum Gasteiger partial charge on any atom is -0.390 e. The highest BCUT2D eigenvalue weighted by molar-refractivity contribution is 6.31. The van der Waals surface area contributed by atoms with Gasteiger partial charge in [-0.25, -0.2) is 4.98 Å². The summed E-state index contributed by atoms with van der Waals surface area (Å²) in [6, 6.07) is 0. The summed E-state index contributed by atoms with van der Waals surface area (Å²) in [4.78, 5) is 14.7. The van der Waals surface area contributed by atoms with Crippen LogP contribution in [0.25, 0.3) is 0 Å². The second-order valence-electron chi connectivity index (χ2n) is 6.18. The second kappa shape index (κ2) is 5.31. The van der Waals surface area contributed by atoms with E-state index in [1.165, 1.54) is 0 Å². The average molecular weight is 363 g/mol. The fraction of sp³-hybridized carbons (Fsp3) is 0.400. The fourth-order valence-corrected chi connectivity index (χ4v) is 3.61. The Balaban J connectivity index is 1.72. The lowest BCUT2D eigenvalue weighted by atomic mass is 10.0. The number of rotatable bonds is 2. The van der Waals surface area contributed by atoms with Crippen molar-refractivity contribution in [2.75, 3.05) is 11.1 Å². The largest absolute Gasteiger partial charge is 0.390 e. The van der Waals surface area contributed by atoms with E-state index in [-0.39, 0.29) is 34.8 Å². The molecule has 130 valence electrons. The molecule has 0 aliphatic heterocycles. The molecule has 4 rings (SSSR count). The maximum Gasteiger partial charge on any atom is 0.223 e. The van der Waals surface area contributed by atoms with Crippen molar-refractivity contribution in [2.24, 2.45) is 5.92 Å². The van der Waals surface area contributed by atoms with Crippen LogP contribution in [0.3, 0.4) is 0 Å². The van der Waals surface area contributed by atoms with Gasteiger partial charge in [-0.2, -0.15) is 9.97 Å². The van der Waals surface area contributed by atoms with E-state index in [9.17, 15) is 15.3 Å². The predicted octanol–water partition coefficient (Wildman–Crippen LogP) is -0.549. The predicted molar refractivity (Wildman–Crippen MR) is 88.3 cm³/mol. The standard InChI is InChI=1S/C15H15ClN6O3/c16-11-7(1-2-9-18-5-6-19-9)12(21-13(17)20-11)22-14(24)4-3-8-10(23)15(8,14)25/h5-6,8,10,23-25H,3-4H2,(H,18,19)(H3,17,20,21,22). The second-order valence-corrected chi connectivity index (χ2v) is 6.54. The molecule has 0 radical (unpaired) electrons. The van der Waals surface area contributed by atoms with E-state index in [1.807, 2.05) is 0 Å². The van der Waals surface area contributed by atoms with E-state index in [4.69, 9.17) is 17.3 Å². The Kier molecular flexibility index (Phi) is 3.42. The molecule has 0 saturated heterocycles. The first-order chi connectivity index (χ1) is 11.8. The number of nitrogens with one attached hydrogen (secondary N) is 2. The topological polar surface area (TPSA) is 153 Å². The molecule has 2 aromatic heterocycles. The van der Waals surface area contributed by atoms with Crippen LogP contribution in [-0.4, -0.2) is 52.7 Å². The van der Waals surface area contributed by atoms with Crippen LogP contribution in [0.2, 0.25) is 5.15 Å². The van der Waals surface area contributed by atoms with Crippen molar-refractivity contribution in [1.29, 1.82) is 0 Å². The zero-order valence-corrected chi connectivity index (χ0v) is 13.6. The smallest absolute Gasteiger partial charge is 0.223 e. The van der Waals surface area contributed by atoms with Crippen LogP contribution in [-0.2, 0) is 0 Å². The van der Waals surface area contributed by atoms with Gasteiger partial charge in [0.15, 0.2) is 22.5 Å². The molecular weight excluding hydrogens is 348 g/mol. The Morgan fingerprint density at radius 3 is 2.80 bits per heavy atom. The normalized spacial score (nSPS) is 32.6. The zero-order valence-electron chi connectivity index (χ0n) is 12.9. The van der Waals surface area contributed by atoms with Crippen molar-refractivity contribution in [1.82, 2.24) is 19.9 Å². The number of fused-ring (bicyclic) bond motifs is 1. The molecule has 2 heterocycles. The summed E-state index contributed by atoms with van der Waals surface area (Å²) in [5, 5.41) is 33.9. The van der Waals surface area contributed by atoms with Crippen LogP contribution >= 0.6 is 11.6 Å². The SMILES string of the molecule is Nc1nc(Cl)c(C#Cc2ncc[nH]2)c(NC2(O)CCC3C(O)C32O)n1. The quantitative estimate of drug-likeness (QED) is 0.236. The Bertz CT molecular complexity index is 895. The number of hydrogen-bond donors (Lipinski definition) is 6. The molecule has 0 aromatic carbocycles. The number of aliphatic hydroxyl groups excluding tert-OH is 1. The third kappa shape index (κ3) is 2.34. The van der Waals surface area contributed by atoms with Crippen molar-refractivity contribution < 1.29 is 15.3 Å². The van der Waals surface area contributed by atoms with Crippen molar-refractivity contribution in [3.05, 3.63) is 28.9 Å². The minimum absolute atomic E-state index is 0.00413. The molecule has 2 saturated carbocycles. The molecule has 25 heavy (non-hydrogen) atoms. The minimum atomic E-state index is -1.76. The Hall–Kier alpha value is -2.38. The van der Waals surface area contributed by atoms with E-state index in [0.717, 1.165) is 0 Å². The van der Waals surface area contributed by atoms with Gasteiger partial charge in [0.2, 0.25) is 5.95 Å². The van der Waals surface area contributed by atoms with Gasteiger partial charge in [-0.1, -0.05) is 17.5 Å². The first-order valence-corrected chi connectivity index (χ1v) is 7.98. The molecule has 2 aliphatic carbocycles. The van der Waals surface area contributed by atoms with Gasteiger partial charge in [0.05, 0.1) is 6.10 Å². The number of aromatic amines is 1. The molecule has 0 amide bonds. The number of halogens is 1. The zero-order chi connectivity index (χ0) is 17.8. The van der Waals surface area contributed by atoms with Gasteiger partial charge < -0.3 is 31.4 Å². The molecule has 2 fully saturated rings. The van der Waals surface area contributed by atoms with Crippen LogP contribution in [0.1, 0.15) is 24.2 Å². The van der Waals surface area contributed by atoms with Gasteiger partial charge in [0.25, 0.3) is 0 Å². The van der Waals surface area contributed by atoms with Crippen LogP contribution in [0.15, 0.2) is 12.4 Å².